The zero-order valence-corrected chi connectivity index (χ0v) is 14.6. The van der Waals surface area contributed by atoms with E-state index in [1.807, 2.05) is 6.92 Å². The predicted molar refractivity (Wildman–Crippen MR) is 88.6 cm³/mol. The Morgan fingerprint density at radius 3 is 2.61 bits per heavy atom. The van der Waals surface area contributed by atoms with E-state index in [9.17, 15) is 13.2 Å². The van der Waals surface area contributed by atoms with Crippen molar-refractivity contribution in [2.45, 2.75) is 58.7 Å². The van der Waals surface area contributed by atoms with Crippen molar-refractivity contribution in [2.75, 3.05) is 6.54 Å². The third-order valence-electron chi connectivity index (χ3n) is 3.26. The van der Waals surface area contributed by atoms with Gasteiger partial charge >= 0.3 is 6.18 Å². The number of hydrogen-bond acceptors (Lipinski definition) is 3. The molecule has 1 aromatic rings. The van der Waals surface area contributed by atoms with Gasteiger partial charge in [0.1, 0.15) is 0 Å². The van der Waals surface area contributed by atoms with Crippen LogP contribution in [-0.4, -0.2) is 23.5 Å². The molecule has 0 radical (unpaired) electrons. The third-order valence-corrected chi connectivity index (χ3v) is 4.17. The standard InChI is InChI=1S/C15H25F3N4S/c1-10(2)5-4-6-11(3)21-14(19)20-8-7-13-22-12(9-23-13)15(16,17)18/h9-11H,4-8H2,1-3H3,(H3,19,20,21). The normalized spacial score (nSPS) is 14.3. The van der Waals surface area contributed by atoms with Gasteiger partial charge < -0.3 is 11.1 Å². The minimum atomic E-state index is -4.38. The quantitative estimate of drug-likeness (QED) is 0.553. The van der Waals surface area contributed by atoms with E-state index in [4.69, 9.17) is 5.73 Å². The van der Waals surface area contributed by atoms with Crippen LogP contribution < -0.4 is 11.1 Å². The van der Waals surface area contributed by atoms with Gasteiger partial charge in [-0.25, -0.2) is 4.98 Å². The van der Waals surface area contributed by atoms with E-state index in [2.05, 4.69) is 29.1 Å². The molecule has 1 rings (SSSR count). The smallest absolute Gasteiger partial charge is 0.370 e. The lowest BCUT2D eigenvalue weighted by Gasteiger charge is -2.14. The largest absolute Gasteiger partial charge is 0.434 e. The fraction of sp³-hybridized carbons (Fsp3) is 0.733. The molecule has 1 aromatic heterocycles. The summed E-state index contributed by atoms with van der Waals surface area (Å²) >= 11 is 0.994. The SMILES string of the molecule is CC(C)CCCC(C)NC(N)=NCCc1nc(C(F)(F)F)cs1. The number of guanidine groups is 1. The fourth-order valence-electron chi connectivity index (χ4n) is 2.03. The number of nitrogens with two attached hydrogens (primary N) is 1. The van der Waals surface area contributed by atoms with Gasteiger partial charge in [-0.2, -0.15) is 13.2 Å². The Balaban J connectivity index is 2.32. The van der Waals surface area contributed by atoms with Gasteiger partial charge in [0.25, 0.3) is 0 Å². The maximum Gasteiger partial charge on any atom is 0.434 e. The van der Waals surface area contributed by atoms with Crippen LogP contribution in [0.25, 0.3) is 0 Å². The number of thiazole rings is 1. The van der Waals surface area contributed by atoms with E-state index in [0.29, 0.717) is 29.9 Å². The van der Waals surface area contributed by atoms with Gasteiger partial charge in [0.2, 0.25) is 0 Å². The summed E-state index contributed by atoms with van der Waals surface area (Å²) < 4.78 is 37.3. The highest BCUT2D eigenvalue weighted by molar-refractivity contribution is 7.09. The summed E-state index contributed by atoms with van der Waals surface area (Å²) in [6.07, 6.45) is -0.724. The molecule has 1 atom stereocenters. The molecule has 0 fully saturated rings. The molecule has 0 saturated carbocycles. The number of rotatable bonds is 8. The molecule has 0 bridgehead atoms. The van der Waals surface area contributed by atoms with Gasteiger partial charge in [0.05, 0.1) is 5.01 Å². The second-order valence-electron chi connectivity index (χ2n) is 6.01. The maximum absolute atomic E-state index is 12.4. The molecule has 132 valence electrons. The van der Waals surface area contributed by atoms with Gasteiger partial charge in [-0.15, -0.1) is 11.3 Å². The minimum absolute atomic E-state index is 0.231. The van der Waals surface area contributed by atoms with Crippen LogP contribution in [-0.2, 0) is 12.6 Å². The molecule has 0 amide bonds. The van der Waals surface area contributed by atoms with Gasteiger partial charge in [-0.1, -0.05) is 26.7 Å². The van der Waals surface area contributed by atoms with Crippen molar-refractivity contribution in [3.8, 4) is 0 Å². The summed E-state index contributed by atoms with van der Waals surface area (Å²) in [5.41, 5.74) is 4.95. The summed E-state index contributed by atoms with van der Waals surface area (Å²) in [6, 6.07) is 0.231. The van der Waals surface area contributed by atoms with Gasteiger partial charge in [0.15, 0.2) is 11.7 Å². The third kappa shape index (κ3) is 8.20. The van der Waals surface area contributed by atoms with E-state index >= 15 is 0 Å². The summed E-state index contributed by atoms with van der Waals surface area (Å²) in [6.45, 7) is 6.74. The number of aromatic nitrogens is 1. The van der Waals surface area contributed by atoms with Gasteiger partial charge in [-0.05, 0) is 19.3 Å². The Morgan fingerprint density at radius 2 is 2.04 bits per heavy atom. The van der Waals surface area contributed by atoms with Crippen molar-refractivity contribution >= 4 is 17.3 Å². The number of hydrogen-bond donors (Lipinski definition) is 2. The first kappa shape index (κ1) is 19.7. The summed E-state index contributed by atoms with van der Waals surface area (Å²) in [4.78, 5) is 7.70. The average molecular weight is 350 g/mol. The second kappa shape index (κ2) is 9.10. The molecular formula is C15H25F3N4S. The molecule has 0 aromatic carbocycles. The van der Waals surface area contributed by atoms with Crippen LogP contribution in [0.2, 0.25) is 0 Å². The Labute approximate surface area is 139 Å². The molecule has 23 heavy (non-hydrogen) atoms. The number of alkyl halides is 3. The van der Waals surface area contributed by atoms with Crippen LogP contribution in [0.4, 0.5) is 13.2 Å². The Hall–Kier alpha value is -1.31. The van der Waals surface area contributed by atoms with Gasteiger partial charge in [0, 0.05) is 24.4 Å². The van der Waals surface area contributed by atoms with Crippen LogP contribution >= 0.6 is 11.3 Å². The zero-order chi connectivity index (χ0) is 17.5. The van der Waals surface area contributed by atoms with Crippen LogP contribution in [0.15, 0.2) is 10.4 Å². The van der Waals surface area contributed by atoms with E-state index < -0.39 is 11.9 Å². The first-order valence-electron chi connectivity index (χ1n) is 7.76. The lowest BCUT2D eigenvalue weighted by molar-refractivity contribution is -0.140. The van der Waals surface area contributed by atoms with Crippen molar-refractivity contribution in [1.82, 2.24) is 10.3 Å². The van der Waals surface area contributed by atoms with Crippen molar-refractivity contribution < 1.29 is 13.2 Å². The highest BCUT2D eigenvalue weighted by atomic mass is 32.1. The van der Waals surface area contributed by atoms with Crippen molar-refractivity contribution in [2.24, 2.45) is 16.6 Å². The van der Waals surface area contributed by atoms with E-state index in [1.165, 1.54) is 6.42 Å². The van der Waals surface area contributed by atoms with E-state index in [1.54, 1.807) is 0 Å². The molecule has 1 unspecified atom stereocenters. The Morgan fingerprint density at radius 1 is 1.35 bits per heavy atom. The number of halogens is 3. The minimum Gasteiger partial charge on any atom is -0.370 e. The Bertz CT molecular complexity index is 497. The zero-order valence-electron chi connectivity index (χ0n) is 13.8. The Kier molecular flexibility index (Phi) is 7.81. The number of nitrogens with zero attached hydrogens (tertiary/aromatic N) is 2. The topological polar surface area (TPSA) is 63.3 Å². The highest BCUT2D eigenvalue weighted by Crippen LogP contribution is 2.30. The highest BCUT2D eigenvalue weighted by Gasteiger charge is 2.33. The summed E-state index contributed by atoms with van der Waals surface area (Å²) in [5.74, 6) is 1.02. The molecule has 0 saturated heterocycles. The molecule has 8 heteroatoms. The van der Waals surface area contributed by atoms with Crippen molar-refractivity contribution in [1.29, 1.82) is 0 Å². The van der Waals surface area contributed by atoms with E-state index in [0.717, 1.165) is 29.6 Å². The molecule has 0 aliphatic rings. The number of aliphatic imine (C=N–C) groups is 1. The van der Waals surface area contributed by atoms with Gasteiger partial charge in [-0.3, -0.25) is 4.99 Å². The lowest BCUT2D eigenvalue weighted by atomic mass is 10.0. The first-order valence-corrected chi connectivity index (χ1v) is 8.64. The summed E-state index contributed by atoms with van der Waals surface area (Å²) in [5, 5.41) is 4.54. The molecule has 4 nitrogen and oxygen atoms in total. The molecule has 0 aliphatic carbocycles. The molecule has 0 aliphatic heterocycles. The van der Waals surface area contributed by atoms with Crippen LogP contribution in [0.5, 0.6) is 0 Å². The summed E-state index contributed by atoms with van der Waals surface area (Å²) in [7, 11) is 0. The van der Waals surface area contributed by atoms with Crippen LogP contribution in [0.1, 0.15) is 50.7 Å². The monoisotopic (exact) mass is 350 g/mol. The lowest BCUT2D eigenvalue weighted by Crippen LogP contribution is -2.38. The molecule has 0 spiro atoms. The maximum atomic E-state index is 12.4. The average Bonchev–Trinajstić information content (AvgIpc) is 2.86. The molecule has 3 N–H and O–H groups in total. The van der Waals surface area contributed by atoms with Crippen molar-refractivity contribution in [3.63, 3.8) is 0 Å². The van der Waals surface area contributed by atoms with Crippen LogP contribution in [0.3, 0.4) is 0 Å². The second-order valence-corrected chi connectivity index (χ2v) is 6.95. The fourth-order valence-corrected chi connectivity index (χ4v) is 2.82. The predicted octanol–water partition coefficient (Wildman–Crippen LogP) is 3.82. The van der Waals surface area contributed by atoms with E-state index in [-0.39, 0.29) is 6.04 Å². The molecule has 1 heterocycles. The number of nitrogens with one attached hydrogen (secondary N) is 1. The molecular weight excluding hydrogens is 325 g/mol. The van der Waals surface area contributed by atoms with Crippen LogP contribution in [0, 0.1) is 5.92 Å². The van der Waals surface area contributed by atoms with Crippen molar-refractivity contribution in [3.05, 3.63) is 16.1 Å². The first-order chi connectivity index (χ1) is 10.7.